The lowest BCUT2D eigenvalue weighted by Gasteiger charge is -2.09. The maximum atomic E-state index is 12.9. The first-order chi connectivity index (χ1) is 11.9. The van der Waals surface area contributed by atoms with E-state index in [9.17, 15) is 23.9 Å². The second kappa shape index (κ2) is 6.23. The van der Waals surface area contributed by atoms with Crippen molar-refractivity contribution < 1.29 is 14.3 Å². The van der Waals surface area contributed by atoms with Crippen LogP contribution in [0.25, 0.3) is 5.52 Å². The van der Waals surface area contributed by atoms with Crippen molar-refractivity contribution >= 4 is 11.4 Å². The predicted octanol–water partition coefficient (Wildman–Crippen LogP) is 0.773. The molecule has 1 amide bonds. The van der Waals surface area contributed by atoms with Crippen LogP contribution in [0.2, 0.25) is 0 Å². The SMILES string of the molecule is Cn1ccn2cc(C(=O)NCc3ccc(F)cc3)c(=O)c(O)c2c1=O. The monoisotopic (exact) mass is 343 g/mol. The van der Waals surface area contributed by atoms with Crippen LogP contribution in [0, 0.1) is 5.82 Å². The molecule has 0 saturated carbocycles. The number of carbonyl (C=O) groups is 1. The van der Waals surface area contributed by atoms with Gasteiger partial charge in [0.2, 0.25) is 5.43 Å². The summed E-state index contributed by atoms with van der Waals surface area (Å²) in [6.07, 6.45) is 4.09. The molecule has 0 spiro atoms. The Kier molecular flexibility index (Phi) is 4.10. The van der Waals surface area contributed by atoms with Gasteiger partial charge in [0.05, 0.1) is 0 Å². The van der Waals surface area contributed by atoms with Crippen molar-refractivity contribution in [2.24, 2.45) is 7.05 Å². The van der Waals surface area contributed by atoms with Gasteiger partial charge in [-0.2, -0.15) is 0 Å². The second-order valence-corrected chi connectivity index (χ2v) is 5.50. The summed E-state index contributed by atoms with van der Waals surface area (Å²) in [6, 6.07) is 5.52. The van der Waals surface area contributed by atoms with Gasteiger partial charge in [0, 0.05) is 32.2 Å². The zero-order valence-electron chi connectivity index (χ0n) is 13.2. The van der Waals surface area contributed by atoms with Gasteiger partial charge in [0.25, 0.3) is 11.5 Å². The van der Waals surface area contributed by atoms with E-state index in [1.165, 1.54) is 58.9 Å². The molecule has 2 heterocycles. The number of nitrogens with zero attached hydrogens (tertiary/aromatic N) is 2. The molecule has 8 heteroatoms. The maximum absolute atomic E-state index is 12.9. The average molecular weight is 343 g/mol. The molecule has 0 saturated heterocycles. The largest absolute Gasteiger partial charge is 0.503 e. The number of aromatic nitrogens is 2. The van der Waals surface area contributed by atoms with Crippen LogP contribution in [0.4, 0.5) is 4.39 Å². The van der Waals surface area contributed by atoms with Crippen LogP contribution in [-0.4, -0.2) is 20.0 Å². The number of pyridine rings is 1. The summed E-state index contributed by atoms with van der Waals surface area (Å²) in [6.45, 7) is 0.0819. The molecule has 0 aliphatic heterocycles. The van der Waals surface area contributed by atoms with Crippen LogP contribution < -0.4 is 16.3 Å². The van der Waals surface area contributed by atoms with Crippen LogP contribution in [0.1, 0.15) is 15.9 Å². The Morgan fingerprint density at radius 3 is 2.56 bits per heavy atom. The summed E-state index contributed by atoms with van der Waals surface area (Å²) in [4.78, 5) is 36.5. The molecule has 25 heavy (non-hydrogen) atoms. The van der Waals surface area contributed by atoms with Crippen molar-refractivity contribution in [3.63, 3.8) is 0 Å². The average Bonchev–Trinajstić information content (AvgIpc) is 2.60. The van der Waals surface area contributed by atoms with Crippen LogP contribution in [0.3, 0.4) is 0 Å². The van der Waals surface area contributed by atoms with Crippen molar-refractivity contribution in [2.45, 2.75) is 6.54 Å². The first-order valence-corrected chi connectivity index (χ1v) is 7.34. The Bertz CT molecular complexity index is 1080. The van der Waals surface area contributed by atoms with Crippen molar-refractivity contribution in [2.75, 3.05) is 0 Å². The van der Waals surface area contributed by atoms with E-state index < -0.39 is 28.5 Å². The predicted molar refractivity (Wildman–Crippen MR) is 88.1 cm³/mol. The number of rotatable bonds is 3. The number of amides is 1. The molecule has 7 nitrogen and oxygen atoms in total. The van der Waals surface area contributed by atoms with E-state index in [2.05, 4.69) is 5.32 Å². The minimum Gasteiger partial charge on any atom is -0.503 e. The van der Waals surface area contributed by atoms with Crippen LogP contribution in [-0.2, 0) is 13.6 Å². The van der Waals surface area contributed by atoms with Crippen molar-refractivity contribution in [3.8, 4) is 5.75 Å². The molecule has 0 fully saturated rings. The number of nitrogens with one attached hydrogen (secondary N) is 1. The number of fused-ring (bicyclic) bond motifs is 1. The molecular formula is C17H14FN3O4. The topological polar surface area (TPSA) is 92.8 Å². The summed E-state index contributed by atoms with van der Waals surface area (Å²) in [5.41, 5.74) is -1.35. The maximum Gasteiger partial charge on any atom is 0.278 e. The van der Waals surface area contributed by atoms with Gasteiger partial charge < -0.3 is 19.4 Å². The molecule has 128 valence electrons. The molecular weight excluding hydrogens is 329 g/mol. The number of aromatic hydroxyl groups is 1. The summed E-state index contributed by atoms with van der Waals surface area (Å²) < 4.78 is 15.3. The third-order valence-corrected chi connectivity index (χ3v) is 3.80. The highest BCUT2D eigenvalue weighted by molar-refractivity contribution is 5.94. The lowest BCUT2D eigenvalue weighted by molar-refractivity contribution is 0.0949. The fourth-order valence-corrected chi connectivity index (χ4v) is 2.40. The van der Waals surface area contributed by atoms with Gasteiger partial charge in [0.15, 0.2) is 11.3 Å². The third kappa shape index (κ3) is 3.01. The summed E-state index contributed by atoms with van der Waals surface area (Å²) in [5.74, 6) is -1.88. The minimum absolute atomic E-state index is 0.0819. The quantitative estimate of drug-likeness (QED) is 0.735. The Labute approximate surface area is 140 Å². The minimum atomic E-state index is -0.931. The highest BCUT2D eigenvalue weighted by Gasteiger charge is 2.18. The Hall–Kier alpha value is -3.42. The van der Waals surface area contributed by atoms with Crippen molar-refractivity contribution in [1.82, 2.24) is 14.3 Å². The van der Waals surface area contributed by atoms with Gasteiger partial charge in [-0.05, 0) is 17.7 Å². The molecule has 0 atom stereocenters. The zero-order valence-corrected chi connectivity index (χ0v) is 13.2. The van der Waals surface area contributed by atoms with Gasteiger partial charge in [-0.3, -0.25) is 14.4 Å². The van der Waals surface area contributed by atoms with Crippen molar-refractivity contribution in [1.29, 1.82) is 0 Å². The first kappa shape index (κ1) is 16.4. The number of benzene rings is 1. The standard InChI is InChI=1S/C17H14FN3O4/c1-20-6-7-21-9-12(14(22)15(23)13(21)17(20)25)16(24)19-8-10-2-4-11(18)5-3-10/h2-7,9,23H,8H2,1H3,(H,19,24). The summed E-state index contributed by atoms with van der Waals surface area (Å²) in [7, 11) is 1.48. The summed E-state index contributed by atoms with van der Waals surface area (Å²) in [5, 5.41) is 12.6. The molecule has 0 radical (unpaired) electrons. The lowest BCUT2D eigenvalue weighted by Crippen LogP contribution is -2.30. The number of halogens is 1. The van der Waals surface area contributed by atoms with E-state index in [1.54, 1.807) is 0 Å². The lowest BCUT2D eigenvalue weighted by atomic mass is 10.2. The third-order valence-electron chi connectivity index (χ3n) is 3.80. The fourth-order valence-electron chi connectivity index (χ4n) is 2.40. The molecule has 3 aromatic rings. The van der Waals surface area contributed by atoms with E-state index in [-0.39, 0.29) is 17.6 Å². The number of carbonyl (C=O) groups excluding carboxylic acids is 1. The van der Waals surface area contributed by atoms with E-state index in [4.69, 9.17) is 0 Å². The van der Waals surface area contributed by atoms with E-state index in [0.717, 1.165) is 0 Å². The highest BCUT2D eigenvalue weighted by atomic mass is 19.1. The Morgan fingerprint density at radius 2 is 1.88 bits per heavy atom. The number of hydrogen-bond donors (Lipinski definition) is 2. The van der Waals surface area contributed by atoms with E-state index >= 15 is 0 Å². The molecule has 3 rings (SSSR count). The highest BCUT2D eigenvalue weighted by Crippen LogP contribution is 2.11. The van der Waals surface area contributed by atoms with Crippen LogP contribution >= 0.6 is 0 Å². The number of hydrogen-bond acceptors (Lipinski definition) is 4. The van der Waals surface area contributed by atoms with Gasteiger partial charge in [0.1, 0.15) is 11.4 Å². The van der Waals surface area contributed by atoms with Gasteiger partial charge in [-0.25, -0.2) is 4.39 Å². The first-order valence-electron chi connectivity index (χ1n) is 7.34. The molecule has 0 bridgehead atoms. The van der Waals surface area contributed by atoms with Crippen LogP contribution in [0.15, 0.2) is 52.4 Å². The molecule has 1 aromatic carbocycles. The van der Waals surface area contributed by atoms with Gasteiger partial charge >= 0.3 is 0 Å². The molecule has 0 aliphatic carbocycles. The van der Waals surface area contributed by atoms with E-state index in [1.807, 2.05) is 0 Å². The Morgan fingerprint density at radius 1 is 1.20 bits per heavy atom. The second-order valence-electron chi connectivity index (χ2n) is 5.50. The smallest absolute Gasteiger partial charge is 0.278 e. The van der Waals surface area contributed by atoms with Gasteiger partial charge in [-0.1, -0.05) is 12.1 Å². The summed E-state index contributed by atoms with van der Waals surface area (Å²) >= 11 is 0. The Balaban J connectivity index is 1.95. The molecule has 2 aromatic heterocycles. The van der Waals surface area contributed by atoms with Crippen LogP contribution in [0.5, 0.6) is 5.75 Å². The molecule has 0 aliphatic rings. The van der Waals surface area contributed by atoms with Crippen molar-refractivity contribution in [3.05, 3.63) is 80.4 Å². The van der Waals surface area contributed by atoms with Gasteiger partial charge in [-0.15, -0.1) is 0 Å². The normalized spacial score (nSPS) is 10.8. The molecule has 2 N–H and O–H groups in total. The zero-order chi connectivity index (χ0) is 18.1. The van der Waals surface area contributed by atoms with E-state index in [0.29, 0.717) is 5.56 Å². The molecule has 0 unspecified atom stereocenters. The number of aryl methyl sites for hydroxylation is 1. The fraction of sp³-hybridized carbons (Fsp3) is 0.118.